The minimum absolute atomic E-state index is 0.490. The Balaban J connectivity index is 2.20. The molecule has 1 aromatic heterocycles. The maximum absolute atomic E-state index is 12.1. The Morgan fingerprint density at radius 1 is 1.50 bits per heavy atom. The third-order valence-corrected chi connectivity index (χ3v) is 5.91. The number of hydrogen-bond donors (Lipinski definition) is 1. The Morgan fingerprint density at radius 2 is 2.23 bits per heavy atom. The van der Waals surface area contributed by atoms with Gasteiger partial charge in [-0.3, -0.25) is 9.52 Å². The summed E-state index contributed by atoms with van der Waals surface area (Å²) in [5.41, 5.74) is 0.777. The highest BCUT2D eigenvalue weighted by Crippen LogP contribution is 2.34. The van der Waals surface area contributed by atoms with E-state index in [1.165, 1.54) is 23.1 Å². The van der Waals surface area contributed by atoms with Crippen LogP contribution in [0.2, 0.25) is 5.02 Å². The fourth-order valence-corrected chi connectivity index (χ4v) is 4.96. The zero-order chi connectivity index (χ0) is 16.3. The number of sulfonamides is 1. The first kappa shape index (κ1) is 17.5. The van der Waals surface area contributed by atoms with E-state index in [1.807, 2.05) is 17.7 Å². The van der Waals surface area contributed by atoms with Crippen molar-refractivity contribution in [2.24, 2.45) is 0 Å². The first-order valence-electron chi connectivity index (χ1n) is 6.53. The Morgan fingerprint density at radius 3 is 2.86 bits per heavy atom. The van der Waals surface area contributed by atoms with Crippen molar-refractivity contribution in [2.45, 2.75) is 29.4 Å². The number of nitrogens with one attached hydrogen (secondary N) is 1. The topological polar surface area (TPSA) is 76.1 Å². The van der Waals surface area contributed by atoms with Crippen LogP contribution in [0.25, 0.3) is 10.2 Å². The number of benzene rings is 1. The molecule has 0 aliphatic carbocycles. The van der Waals surface area contributed by atoms with Crippen LogP contribution in [-0.4, -0.2) is 30.8 Å². The van der Waals surface area contributed by atoms with Gasteiger partial charge < -0.3 is 0 Å². The van der Waals surface area contributed by atoms with Crippen LogP contribution in [0.4, 0.5) is 0 Å². The number of aromatic nitrogens is 1. The van der Waals surface area contributed by atoms with E-state index in [4.69, 9.17) is 11.6 Å². The van der Waals surface area contributed by atoms with Gasteiger partial charge in [0.15, 0.2) is 4.34 Å². The van der Waals surface area contributed by atoms with Gasteiger partial charge in [0, 0.05) is 5.02 Å². The Hall–Kier alpha value is -0.830. The molecule has 1 atom stereocenters. The molecule has 1 unspecified atom stereocenters. The minimum atomic E-state index is -3.56. The van der Waals surface area contributed by atoms with Crippen LogP contribution in [0.1, 0.15) is 19.8 Å². The molecule has 0 radical (unpaired) electrons. The number of rotatable bonds is 6. The molecule has 0 bridgehead atoms. The first-order chi connectivity index (χ1) is 10.3. The van der Waals surface area contributed by atoms with Crippen molar-refractivity contribution in [1.82, 2.24) is 9.71 Å². The quantitative estimate of drug-likeness (QED) is 0.780. The fraction of sp³-hybridized carbons (Fsp3) is 0.385. The van der Waals surface area contributed by atoms with Crippen molar-refractivity contribution >= 4 is 60.8 Å². The molecule has 9 heteroatoms. The summed E-state index contributed by atoms with van der Waals surface area (Å²) in [6.07, 6.45) is 2.31. The molecule has 1 heterocycles. The summed E-state index contributed by atoms with van der Waals surface area (Å²) in [4.78, 5) is 16.5. The van der Waals surface area contributed by atoms with E-state index >= 15 is 0 Å². The fourth-order valence-electron chi connectivity index (χ4n) is 1.81. The SMILES string of the molecule is CCCC(Sc1nc2cc(Cl)ccc2s1)C(=O)NS(C)(=O)=O. The summed E-state index contributed by atoms with van der Waals surface area (Å²) in [7, 11) is -3.56. The number of thioether (sulfide) groups is 1. The molecule has 0 saturated heterocycles. The van der Waals surface area contributed by atoms with Crippen LogP contribution in [0.3, 0.4) is 0 Å². The standard InChI is InChI=1S/C13H15ClN2O3S3/c1-3-4-11(12(17)16-22(2,18)19)21-13-15-9-7-8(14)5-6-10(9)20-13/h5-7,11H,3-4H2,1-2H3,(H,16,17). The molecular weight excluding hydrogens is 364 g/mol. The van der Waals surface area contributed by atoms with E-state index in [0.29, 0.717) is 11.4 Å². The van der Waals surface area contributed by atoms with Crippen molar-refractivity contribution < 1.29 is 13.2 Å². The molecule has 0 aliphatic rings. The Bertz CT molecular complexity index is 789. The highest BCUT2D eigenvalue weighted by Gasteiger charge is 2.23. The molecule has 1 N–H and O–H groups in total. The van der Waals surface area contributed by atoms with Crippen LogP contribution in [0.15, 0.2) is 22.5 Å². The lowest BCUT2D eigenvalue weighted by atomic mass is 10.2. The van der Waals surface area contributed by atoms with Gasteiger partial charge in [-0.25, -0.2) is 13.4 Å². The van der Waals surface area contributed by atoms with Gasteiger partial charge in [-0.1, -0.05) is 36.7 Å². The third kappa shape index (κ3) is 4.84. The minimum Gasteiger partial charge on any atom is -0.273 e. The number of nitrogens with zero attached hydrogens (tertiary/aromatic N) is 1. The Kier molecular flexibility index (Phi) is 5.70. The predicted molar refractivity (Wildman–Crippen MR) is 92.2 cm³/mol. The second-order valence-corrected chi connectivity index (χ2v) is 9.39. The molecule has 0 aliphatic heterocycles. The predicted octanol–water partition coefficient (Wildman–Crippen LogP) is 3.29. The van der Waals surface area contributed by atoms with E-state index in [9.17, 15) is 13.2 Å². The largest absolute Gasteiger partial charge is 0.273 e. The van der Waals surface area contributed by atoms with E-state index in [-0.39, 0.29) is 0 Å². The van der Waals surface area contributed by atoms with Gasteiger partial charge >= 0.3 is 0 Å². The van der Waals surface area contributed by atoms with E-state index in [2.05, 4.69) is 4.98 Å². The van der Waals surface area contributed by atoms with Crippen molar-refractivity contribution in [2.75, 3.05) is 6.26 Å². The second-order valence-electron chi connectivity index (χ2n) is 4.73. The first-order valence-corrected chi connectivity index (χ1v) is 10.5. The summed E-state index contributed by atoms with van der Waals surface area (Å²) >= 11 is 8.67. The molecule has 120 valence electrons. The lowest BCUT2D eigenvalue weighted by molar-refractivity contribution is -0.118. The van der Waals surface area contributed by atoms with Crippen LogP contribution >= 0.6 is 34.7 Å². The molecule has 5 nitrogen and oxygen atoms in total. The van der Waals surface area contributed by atoms with Crippen molar-refractivity contribution in [3.8, 4) is 0 Å². The van der Waals surface area contributed by atoms with Crippen LogP contribution < -0.4 is 4.72 Å². The molecule has 0 fully saturated rings. The highest BCUT2D eigenvalue weighted by molar-refractivity contribution is 8.02. The number of halogens is 1. The summed E-state index contributed by atoms with van der Waals surface area (Å²) in [6.45, 7) is 1.94. The number of amides is 1. The number of fused-ring (bicyclic) bond motifs is 1. The smallest absolute Gasteiger partial charge is 0.246 e. The molecule has 1 aromatic carbocycles. The molecule has 22 heavy (non-hydrogen) atoms. The van der Waals surface area contributed by atoms with Crippen molar-refractivity contribution in [3.63, 3.8) is 0 Å². The highest BCUT2D eigenvalue weighted by atomic mass is 35.5. The van der Waals surface area contributed by atoms with E-state index in [1.54, 1.807) is 12.1 Å². The summed E-state index contributed by atoms with van der Waals surface area (Å²) in [5.74, 6) is -0.508. The van der Waals surface area contributed by atoms with Gasteiger partial charge in [0.1, 0.15) is 0 Å². The third-order valence-electron chi connectivity index (χ3n) is 2.70. The van der Waals surface area contributed by atoms with Crippen LogP contribution in [0, 0.1) is 0 Å². The summed E-state index contributed by atoms with van der Waals surface area (Å²) in [6, 6.07) is 5.43. The van der Waals surface area contributed by atoms with Gasteiger partial charge in [-0.05, 0) is 24.6 Å². The second kappa shape index (κ2) is 7.16. The van der Waals surface area contributed by atoms with Crippen molar-refractivity contribution in [3.05, 3.63) is 23.2 Å². The maximum Gasteiger partial charge on any atom is 0.246 e. The number of carbonyl (C=O) groups is 1. The average molecular weight is 379 g/mol. The molecule has 2 rings (SSSR count). The molecule has 1 amide bonds. The normalized spacial score (nSPS) is 13.2. The average Bonchev–Trinajstić information content (AvgIpc) is 2.77. The van der Waals surface area contributed by atoms with E-state index < -0.39 is 21.2 Å². The molecule has 0 spiro atoms. The molecule has 2 aromatic rings. The summed E-state index contributed by atoms with van der Waals surface area (Å²) in [5, 5.41) is 0.116. The van der Waals surface area contributed by atoms with Gasteiger partial charge in [0.05, 0.1) is 21.7 Å². The van der Waals surface area contributed by atoms with E-state index in [0.717, 1.165) is 27.2 Å². The zero-order valence-corrected chi connectivity index (χ0v) is 15.2. The number of carbonyl (C=O) groups excluding carboxylic acids is 1. The van der Waals surface area contributed by atoms with Crippen molar-refractivity contribution in [1.29, 1.82) is 0 Å². The van der Waals surface area contributed by atoms with Gasteiger partial charge in [-0.15, -0.1) is 11.3 Å². The number of hydrogen-bond acceptors (Lipinski definition) is 6. The Labute approximate surface area is 142 Å². The van der Waals surface area contributed by atoms with Gasteiger partial charge in [0.2, 0.25) is 15.9 Å². The van der Waals surface area contributed by atoms with Crippen LogP contribution in [-0.2, 0) is 14.8 Å². The summed E-state index contributed by atoms with van der Waals surface area (Å²) < 4.78 is 26.2. The molecular formula is C13H15ClN2O3S3. The lowest BCUT2D eigenvalue weighted by Crippen LogP contribution is -2.36. The van der Waals surface area contributed by atoms with Gasteiger partial charge in [-0.2, -0.15) is 0 Å². The monoisotopic (exact) mass is 378 g/mol. The number of thiazole rings is 1. The van der Waals surface area contributed by atoms with Gasteiger partial charge in [0.25, 0.3) is 0 Å². The maximum atomic E-state index is 12.1. The zero-order valence-electron chi connectivity index (χ0n) is 12.0. The lowest BCUT2D eigenvalue weighted by Gasteiger charge is -2.13. The molecule has 0 saturated carbocycles. The van der Waals surface area contributed by atoms with Crippen LogP contribution in [0.5, 0.6) is 0 Å².